The third kappa shape index (κ3) is 3.20. The lowest BCUT2D eigenvalue weighted by atomic mass is 10.3. The van der Waals surface area contributed by atoms with Crippen LogP contribution in [0.3, 0.4) is 0 Å². The van der Waals surface area contributed by atoms with E-state index in [2.05, 4.69) is 10.4 Å². The highest BCUT2D eigenvalue weighted by molar-refractivity contribution is 7.10. The van der Waals surface area contributed by atoms with Crippen molar-refractivity contribution in [3.8, 4) is 5.69 Å². The summed E-state index contributed by atoms with van der Waals surface area (Å²) in [6.07, 6.45) is 0.386. The summed E-state index contributed by atoms with van der Waals surface area (Å²) >= 11 is 1.58. The summed E-state index contributed by atoms with van der Waals surface area (Å²) in [5.74, 6) is 0.662. The summed E-state index contributed by atoms with van der Waals surface area (Å²) in [7, 11) is 0. The van der Waals surface area contributed by atoms with Gasteiger partial charge in [-0.1, -0.05) is 24.3 Å². The molecule has 1 aromatic carbocycles. The van der Waals surface area contributed by atoms with Gasteiger partial charge >= 0.3 is 0 Å². The zero-order chi connectivity index (χ0) is 14.7. The van der Waals surface area contributed by atoms with E-state index in [1.165, 1.54) is 0 Å². The van der Waals surface area contributed by atoms with Crippen molar-refractivity contribution in [3.63, 3.8) is 0 Å². The fraction of sp³-hybridized carbons (Fsp3) is 0.125. The Labute approximate surface area is 127 Å². The monoisotopic (exact) mass is 297 g/mol. The van der Waals surface area contributed by atoms with Gasteiger partial charge in [-0.25, -0.2) is 4.68 Å². The standard InChI is InChI=1S/C16H15N3OS/c1-12-10-15(17-16(20)11-14-8-5-9-21-14)19(18-12)13-6-3-2-4-7-13/h2-10H,11H2,1H3,(H,17,20). The van der Waals surface area contributed by atoms with Gasteiger partial charge in [-0.3, -0.25) is 4.79 Å². The molecule has 0 aliphatic heterocycles. The van der Waals surface area contributed by atoms with Crippen molar-refractivity contribution in [2.45, 2.75) is 13.3 Å². The van der Waals surface area contributed by atoms with Crippen LogP contribution in [0.5, 0.6) is 0 Å². The summed E-state index contributed by atoms with van der Waals surface area (Å²) in [6, 6.07) is 15.6. The first-order valence-electron chi connectivity index (χ1n) is 6.67. The van der Waals surface area contributed by atoms with Crippen LogP contribution in [0.1, 0.15) is 10.6 Å². The molecular weight excluding hydrogens is 282 g/mol. The number of para-hydroxylation sites is 1. The van der Waals surface area contributed by atoms with Gasteiger partial charge in [0, 0.05) is 10.9 Å². The number of nitrogens with zero attached hydrogens (tertiary/aromatic N) is 2. The lowest BCUT2D eigenvalue weighted by molar-refractivity contribution is -0.115. The van der Waals surface area contributed by atoms with E-state index < -0.39 is 0 Å². The Bertz CT molecular complexity index is 732. The molecule has 1 N–H and O–H groups in total. The Hall–Kier alpha value is -2.40. The molecule has 0 fully saturated rings. The lowest BCUT2D eigenvalue weighted by Crippen LogP contribution is -2.16. The maximum absolute atomic E-state index is 12.1. The van der Waals surface area contributed by atoms with E-state index in [-0.39, 0.29) is 5.91 Å². The molecule has 0 aliphatic carbocycles. The first kappa shape index (κ1) is 13.6. The smallest absolute Gasteiger partial charge is 0.230 e. The van der Waals surface area contributed by atoms with Crippen LogP contribution < -0.4 is 5.32 Å². The number of anilines is 1. The van der Waals surface area contributed by atoms with Crippen LogP contribution in [0.15, 0.2) is 53.9 Å². The van der Waals surface area contributed by atoms with Gasteiger partial charge in [-0.05, 0) is 30.5 Å². The number of hydrogen-bond acceptors (Lipinski definition) is 3. The molecule has 0 aliphatic rings. The Morgan fingerprint density at radius 3 is 2.76 bits per heavy atom. The zero-order valence-corrected chi connectivity index (χ0v) is 12.4. The van der Waals surface area contributed by atoms with Gasteiger partial charge in [-0.2, -0.15) is 5.10 Å². The van der Waals surface area contributed by atoms with Crippen LogP contribution in [-0.2, 0) is 11.2 Å². The Balaban J connectivity index is 1.81. The highest BCUT2D eigenvalue weighted by Crippen LogP contribution is 2.17. The molecule has 0 bridgehead atoms. The van der Waals surface area contributed by atoms with Crippen molar-refractivity contribution in [3.05, 3.63) is 64.5 Å². The minimum atomic E-state index is -0.0328. The minimum absolute atomic E-state index is 0.0328. The van der Waals surface area contributed by atoms with Gasteiger partial charge in [-0.15, -0.1) is 11.3 Å². The Morgan fingerprint density at radius 2 is 2.05 bits per heavy atom. The fourth-order valence-electron chi connectivity index (χ4n) is 2.11. The number of hydrogen-bond donors (Lipinski definition) is 1. The average Bonchev–Trinajstić information content (AvgIpc) is 3.09. The largest absolute Gasteiger partial charge is 0.310 e. The maximum atomic E-state index is 12.1. The molecule has 3 aromatic rings. The molecule has 21 heavy (non-hydrogen) atoms. The number of amides is 1. The molecule has 4 nitrogen and oxygen atoms in total. The summed E-state index contributed by atoms with van der Waals surface area (Å²) in [5.41, 5.74) is 1.79. The van der Waals surface area contributed by atoms with Crippen molar-refractivity contribution in [1.29, 1.82) is 0 Å². The average molecular weight is 297 g/mol. The predicted octanol–water partition coefficient (Wildman–Crippen LogP) is 3.42. The highest BCUT2D eigenvalue weighted by Gasteiger charge is 2.11. The molecule has 1 amide bonds. The first-order chi connectivity index (χ1) is 10.2. The number of thiophene rings is 1. The molecule has 106 valence electrons. The number of nitrogens with one attached hydrogen (secondary N) is 1. The van der Waals surface area contributed by atoms with E-state index in [4.69, 9.17) is 0 Å². The summed E-state index contributed by atoms with van der Waals surface area (Å²) in [4.78, 5) is 13.2. The second-order valence-electron chi connectivity index (χ2n) is 4.72. The molecule has 2 heterocycles. The number of carbonyl (C=O) groups is 1. The van der Waals surface area contributed by atoms with Crippen LogP contribution >= 0.6 is 11.3 Å². The van der Waals surface area contributed by atoms with Gasteiger partial charge in [0.1, 0.15) is 5.82 Å². The molecule has 0 saturated carbocycles. The van der Waals surface area contributed by atoms with Crippen LogP contribution in [0.25, 0.3) is 5.69 Å². The quantitative estimate of drug-likeness (QED) is 0.802. The molecule has 0 unspecified atom stereocenters. The molecule has 0 atom stereocenters. The zero-order valence-electron chi connectivity index (χ0n) is 11.6. The number of aryl methyl sites for hydroxylation is 1. The van der Waals surface area contributed by atoms with E-state index in [1.807, 2.05) is 60.8 Å². The van der Waals surface area contributed by atoms with Gasteiger partial charge in [0.05, 0.1) is 17.8 Å². The number of benzene rings is 1. The maximum Gasteiger partial charge on any atom is 0.230 e. The first-order valence-corrected chi connectivity index (χ1v) is 7.54. The number of rotatable bonds is 4. The second kappa shape index (κ2) is 5.93. The number of aromatic nitrogens is 2. The molecule has 3 rings (SSSR count). The second-order valence-corrected chi connectivity index (χ2v) is 5.75. The topological polar surface area (TPSA) is 46.9 Å². The molecular formula is C16H15N3OS. The van der Waals surface area contributed by atoms with Crippen molar-refractivity contribution < 1.29 is 4.79 Å². The van der Waals surface area contributed by atoms with Gasteiger partial charge in [0.15, 0.2) is 0 Å². The molecule has 0 saturated heterocycles. The van der Waals surface area contributed by atoms with E-state index >= 15 is 0 Å². The van der Waals surface area contributed by atoms with Gasteiger partial charge in [0.25, 0.3) is 0 Å². The van der Waals surface area contributed by atoms with Crippen molar-refractivity contribution in [2.24, 2.45) is 0 Å². The molecule has 0 radical (unpaired) electrons. The van der Waals surface area contributed by atoms with E-state index in [0.717, 1.165) is 16.3 Å². The Kier molecular flexibility index (Phi) is 3.83. The third-order valence-corrected chi connectivity index (χ3v) is 3.89. The summed E-state index contributed by atoms with van der Waals surface area (Å²) in [5, 5.41) is 9.35. The SMILES string of the molecule is Cc1cc(NC(=O)Cc2cccs2)n(-c2ccccc2)n1. The lowest BCUT2D eigenvalue weighted by Gasteiger charge is -2.08. The van der Waals surface area contributed by atoms with Crippen molar-refractivity contribution in [1.82, 2.24) is 9.78 Å². The van der Waals surface area contributed by atoms with Gasteiger partial charge < -0.3 is 5.32 Å². The van der Waals surface area contributed by atoms with Crippen LogP contribution in [-0.4, -0.2) is 15.7 Å². The van der Waals surface area contributed by atoms with Crippen LogP contribution in [0.4, 0.5) is 5.82 Å². The highest BCUT2D eigenvalue weighted by atomic mass is 32.1. The minimum Gasteiger partial charge on any atom is -0.310 e. The summed E-state index contributed by atoms with van der Waals surface area (Å²) in [6.45, 7) is 1.91. The normalized spacial score (nSPS) is 10.5. The van der Waals surface area contributed by atoms with E-state index in [9.17, 15) is 4.79 Å². The van der Waals surface area contributed by atoms with Gasteiger partial charge in [0.2, 0.25) is 5.91 Å². The molecule has 2 aromatic heterocycles. The van der Waals surface area contributed by atoms with Crippen molar-refractivity contribution in [2.75, 3.05) is 5.32 Å². The van der Waals surface area contributed by atoms with Crippen molar-refractivity contribution >= 4 is 23.1 Å². The van der Waals surface area contributed by atoms with Crippen LogP contribution in [0, 0.1) is 6.92 Å². The summed E-state index contributed by atoms with van der Waals surface area (Å²) < 4.78 is 1.75. The fourth-order valence-corrected chi connectivity index (χ4v) is 2.82. The Morgan fingerprint density at radius 1 is 1.24 bits per heavy atom. The molecule has 0 spiro atoms. The predicted molar refractivity (Wildman–Crippen MR) is 85.0 cm³/mol. The third-order valence-electron chi connectivity index (χ3n) is 3.01. The van der Waals surface area contributed by atoms with E-state index in [1.54, 1.807) is 16.0 Å². The molecule has 5 heteroatoms. The van der Waals surface area contributed by atoms with Crippen LogP contribution in [0.2, 0.25) is 0 Å². The van der Waals surface area contributed by atoms with E-state index in [0.29, 0.717) is 12.2 Å². The number of carbonyl (C=O) groups excluding carboxylic acids is 1.